The van der Waals surface area contributed by atoms with Crippen LogP contribution in [0.15, 0.2) is 24.3 Å². The standard InChI is InChI=1S/C26H40O2/c1-4-19(3)18-21-8-16-25(17-9-21)28-26(27)24-14-12-23(13-15-24)22-10-6-20(5-2)7-11-22/h8-9,16-17,19-20,22-24H,4-7,10-15,18H2,1-3H3. The molecule has 0 aliphatic heterocycles. The zero-order chi connectivity index (χ0) is 19.9. The first kappa shape index (κ1) is 21.4. The van der Waals surface area contributed by atoms with Crippen molar-refractivity contribution in [3.63, 3.8) is 0 Å². The lowest BCUT2D eigenvalue weighted by molar-refractivity contribution is -0.140. The summed E-state index contributed by atoms with van der Waals surface area (Å²) >= 11 is 0. The smallest absolute Gasteiger partial charge is 0.314 e. The van der Waals surface area contributed by atoms with Crippen LogP contribution < -0.4 is 4.74 Å². The fraction of sp³-hybridized carbons (Fsp3) is 0.731. The van der Waals surface area contributed by atoms with Gasteiger partial charge in [0, 0.05) is 0 Å². The highest BCUT2D eigenvalue weighted by molar-refractivity contribution is 5.75. The third kappa shape index (κ3) is 5.84. The molecule has 2 fully saturated rings. The summed E-state index contributed by atoms with van der Waals surface area (Å²) in [5.74, 6) is 4.23. The number of hydrogen-bond donors (Lipinski definition) is 0. The summed E-state index contributed by atoms with van der Waals surface area (Å²) in [4.78, 5) is 12.6. The monoisotopic (exact) mass is 384 g/mol. The average Bonchev–Trinajstić information content (AvgIpc) is 2.75. The lowest BCUT2D eigenvalue weighted by Gasteiger charge is -2.37. The molecule has 0 heterocycles. The Balaban J connectivity index is 1.42. The molecule has 0 N–H and O–H groups in total. The largest absolute Gasteiger partial charge is 0.426 e. The van der Waals surface area contributed by atoms with E-state index in [1.807, 2.05) is 12.1 Å². The molecule has 0 amide bonds. The molecule has 2 nitrogen and oxygen atoms in total. The molecule has 3 rings (SSSR count). The van der Waals surface area contributed by atoms with Crippen LogP contribution in [0.2, 0.25) is 0 Å². The van der Waals surface area contributed by atoms with E-state index in [-0.39, 0.29) is 11.9 Å². The molecule has 0 bridgehead atoms. The summed E-state index contributed by atoms with van der Waals surface area (Å²) in [5, 5.41) is 0. The zero-order valence-corrected chi connectivity index (χ0v) is 18.3. The highest BCUT2D eigenvalue weighted by Gasteiger charge is 2.33. The van der Waals surface area contributed by atoms with Gasteiger partial charge in [-0.2, -0.15) is 0 Å². The van der Waals surface area contributed by atoms with E-state index in [2.05, 4.69) is 32.9 Å². The van der Waals surface area contributed by atoms with Gasteiger partial charge < -0.3 is 4.74 Å². The van der Waals surface area contributed by atoms with Crippen LogP contribution in [0.3, 0.4) is 0 Å². The van der Waals surface area contributed by atoms with Gasteiger partial charge in [-0.1, -0.05) is 58.6 Å². The summed E-state index contributed by atoms with van der Waals surface area (Å²) in [6.45, 7) is 6.84. The van der Waals surface area contributed by atoms with Gasteiger partial charge in [-0.05, 0) is 86.3 Å². The lowest BCUT2D eigenvalue weighted by atomic mass is 9.69. The Morgan fingerprint density at radius 2 is 1.50 bits per heavy atom. The van der Waals surface area contributed by atoms with Crippen LogP contribution in [0.4, 0.5) is 0 Å². The van der Waals surface area contributed by atoms with Crippen LogP contribution in [0.1, 0.15) is 90.5 Å². The van der Waals surface area contributed by atoms with Crippen LogP contribution >= 0.6 is 0 Å². The number of rotatable bonds is 7. The predicted molar refractivity (Wildman–Crippen MR) is 116 cm³/mol. The van der Waals surface area contributed by atoms with Crippen molar-refractivity contribution in [2.24, 2.45) is 29.6 Å². The molecule has 1 aromatic carbocycles. The van der Waals surface area contributed by atoms with E-state index in [1.54, 1.807) is 0 Å². The van der Waals surface area contributed by atoms with E-state index in [0.29, 0.717) is 11.7 Å². The van der Waals surface area contributed by atoms with Gasteiger partial charge in [-0.3, -0.25) is 4.79 Å². The first-order valence-electron chi connectivity index (χ1n) is 11.9. The highest BCUT2D eigenvalue weighted by Crippen LogP contribution is 2.42. The number of esters is 1. The van der Waals surface area contributed by atoms with Crippen molar-refractivity contribution in [3.8, 4) is 5.75 Å². The molecule has 0 saturated heterocycles. The van der Waals surface area contributed by atoms with Gasteiger partial charge in [0.15, 0.2) is 0 Å². The van der Waals surface area contributed by atoms with Gasteiger partial charge in [0.1, 0.15) is 5.75 Å². The van der Waals surface area contributed by atoms with Crippen LogP contribution in [0, 0.1) is 29.6 Å². The van der Waals surface area contributed by atoms with Crippen LogP contribution in [0.25, 0.3) is 0 Å². The number of carbonyl (C=O) groups is 1. The van der Waals surface area contributed by atoms with Crippen LogP contribution in [0.5, 0.6) is 5.75 Å². The van der Waals surface area contributed by atoms with Crippen molar-refractivity contribution in [3.05, 3.63) is 29.8 Å². The van der Waals surface area contributed by atoms with Gasteiger partial charge in [-0.25, -0.2) is 0 Å². The third-order valence-corrected chi connectivity index (χ3v) is 7.66. The van der Waals surface area contributed by atoms with Crippen LogP contribution in [-0.2, 0) is 11.2 Å². The Morgan fingerprint density at radius 3 is 2.04 bits per heavy atom. The van der Waals surface area contributed by atoms with E-state index in [1.165, 1.54) is 56.9 Å². The topological polar surface area (TPSA) is 26.3 Å². The molecular weight excluding hydrogens is 344 g/mol. The summed E-state index contributed by atoms with van der Waals surface area (Å²) in [6, 6.07) is 8.15. The zero-order valence-electron chi connectivity index (χ0n) is 18.3. The van der Waals surface area contributed by atoms with Crippen molar-refractivity contribution in [1.82, 2.24) is 0 Å². The van der Waals surface area contributed by atoms with Gasteiger partial charge in [0.05, 0.1) is 5.92 Å². The fourth-order valence-electron chi connectivity index (χ4n) is 5.33. The van der Waals surface area contributed by atoms with E-state index in [9.17, 15) is 4.79 Å². The maximum Gasteiger partial charge on any atom is 0.314 e. The van der Waals surface area contributed by atoms with Crippen molar-refractivity contribution in [2.75, 3.05) is 0 Å². The highest BCUT2D eigenvalue weighted by atomic mass is 16.5. The van der Waals surface area contributed by atoms with E-state index in [0.717, 1.165) is 37.0 Å². The van der Waals surface area contributed by atoms with Gasteiger partial charge in [-0.15, -0.1) is 0 Å². The first-order chi connectivity index (χ1) is 13.6. The molecule has 2 heteroatoms. The summed E-state index contributed by atoms with van der Waals surface area (Å²) in [5.41, 5.74) is 1.33. The minimum Gasteiger partial charge on any atom is -0.426 e. The molecule has 2 aliphatic rings. The number of ether oxygens (including phenoxy) is 1. The van der Waals surface area contributed by atoms with Gasteiger partial charge in [0.2, 0.25) is 0 Å². The first-order valence-corrected chi connectivity index (χ1v) is 11.9. The van der Waals surface area contributed by atoms with Crippen molar-refractivity contribution < 1.29 is 9.53 Å². The van der Waals surface area contributed by atoms with Crippen molar-refractivity contribution in [2.45, 2.75) is 91.4 Å². The van der Waals surface area contributed by atoms with Gasteiger partial charge >= 0.3 is 5.97 Å². The SMILES string of the molecule is CCC(C)Cc1ccc(OC(=O)C2CCC(C3CCC(CC)CC3)CC2)cc1. The molecular formula is C26H40O2. The molecule has 1 unspecified atom stereocenters. The predicted octanol–water partition coefficient (Wildman–Crippen LogP) is 7.20. The van der Waals surface area contributed by atoms with Crippen LogP contribution in [-0.4, -0.2) is 5.97 Å². The summed E-state index contributed by atoms with van der Waals surface area (Å²) in [7, 11) is 0. The van der Waals surface area contributed by atoms with Crippen molar-refractivity contribution >= 4 is 5.97 Å². The maximum absolute atomic E-state index is 12.6. The van der Waals surface area contributed by atoms with E-state index >= 15 is 0 Å². The fourth-order valence-corrected chi connectivity index (χ4v) is 5.33. The Kier molecular flexibility index (Phi) is 8.00. The Hall–Kier alpha value is -1.31. The summed E-state index contributed by atoms with van der Waals surface area (Å²) in [6.07, 6.45) is 13.8. The Morgan fingerprint density at radius 1 is 0.929 bits per heavy atom. The molecule has 0 aromatic heterocycles. The van der Waals surface area contributed by atoms with Gasteiger partial charge in [0.25, 0.3) is 0 Å². The molecule has 1 aromatic rings. The second kappa shape index (κ2) is 10.5. The molecule has 0 spiro atoms. The van der Waals surface area contributed by atoms with E-state index < -0.39 is 0 Å². The average molecular weight is 385 g/mol. The second-order valence-corrected chi connectivity index (χ2v) is 9.58. The molecule has 0 radical (unpaired) electrons. The minimum atomic E-state index is -0.0113. The Labute approximate surface area is 172 Å². The molecule has 156 valence electrons. The third-order valence-electron chi connectivity index (χ3n) is 7.66. The van der Waals surface area contributed by atoms with E-state index in [4.69, 9.17) is 4.74 Å². The number of hydrogen-bond acceptors (Lipinski definition) is 2. The molecule has 1 atom stereocenters. The molecule has 2 saturated carbocycles. The number of benzene rings is 1. The lowest BCUT2D eigenvalue weighted by Crippen LogP contribution is -2.30. The summed E-state index contributed by atoms with van der Waals surface area (Å²) < 4.78 is 5.71. The molecule has 28 heavy (non-hydrogen) atoms. The normalized spacial score (nSPS) is 29.2. The van der Waals surface area contributed by atoms with Crippen molar-refractivity contribution in [1.29, 1.82) is 0 Å². The Bertz CT molecular complexity index is 589. The number of carbonyl (C=O) groups excluding carboxylic acids is 1. The molecule has 2 aliphatic carbocycles. The maximum atomic E-state index is 12.6. The minimum absolute atomic E-state index is 0.0113. The quantitative estimate of drug-likeness (QED) is 0.367. The second-order valence-electron chi connectivity index (χ2n) is 9.58.